The molecule has 1 fully saturated rings. The summed E-state index contributed by atoms with van der Waals surface area (Å²) in [6.45, 7) is 1.18. The Balaban J connectivity index is 1.36. The number of hydrogen-bond acceptors (Lipinski definition) is 7. The number of rotatable bonds is 7. The summed E-state index contributed by atoms with van der Waals surface area (Å²) in [6.07, 6.45) is 3.10. The molecule has 2 aromatic rings. The minimum Gasteiger partial charge on any atom is -0.368 e. The van der Waals surface area contributed by atoms with Gasteiger partial charge in [-0.1, -0.05) is 21.9 Å². The zero-order valence-corrected chi connectivity index (χ0v) is 13.2. The first kappa shape index (κ1) is 15.9. The second-order valence-electron chi connectivity index (χ2n) is 5.27. The Hall–Kier alpha value is -1.93. The monoisotopic (exact) mass is 340 g/mol. The van der Waals surface area contributed by atoms with Crippen molar-refractivity contribution in [3.63, 3.8) is 0 Å². The predicted molar refractivity (Wildman–Crippen MR) is 78.8 cm³/mol. The average molecular weight is 341 g/mol. The van der Waals surface area contributed by atoms with E-state index in [0.717, 1.165) is 19.4 Å². The molecule has 9 heteroatoms. The van der Waals surface area contributed by atoms with Crippen LogP contribution in [0.5, 0.6) is 0 Å². The standard InChI is InChI=1S/C14H17ClN4O4/c15-11-8-9(22-18-11)3-4-13(20)16-6-5-12-17-14(23-19-12)10-2-1-7-21-10/h8,10H,1-7H2,(H,16,20). The summed E-state index contributed by atoms with van der Waals surface area (Å²) in [5, 5.41) is 10.5. The molecule has 0 radical (unpaired) electrons. The van der Waals surface area contributed by atoms with Gasteiger partial charge < -0.3 is 19.1 Å². The molecule has 0 saturated carbocycles. The Morgan fingerprint density at radius 2 is 2.26 bits per heavy atom. The topological polar surface area (TPSA) is 103 Å². The van der Waals surface area contributed by atoms with Gasteiger partial charge in [0.15, 0.2) is 11.0 Å². The van der Waals surface area contributed by atoms with Crippen LogP contribution in [0.2, 0.25) is 5.15 Å². The lowest BCUT2D eigenvalue weighted by Gasteiger charge is -2.02. The van der Waals surface area contributed by atoms with Gasteiger partial charge in [-0.2, -0.15) is 4.98 Å². The van der Waals surface area contributed by atoms with Gasteiger partial charge in [0, 0.05) is 38.5 Å². The highest BCUT2D eigenvalue weighted by Gasteiger charge is 2.23. The number of carbonyl (C=O) groups excluding carboxylic acids is 1. The van der Waals surface area contributed by atoms with Crippen molar-refractivity contribution >= 4 is 17.5 Å². The molecule has 1 aliphatic heterocycles. The van der Waals surface area contributed by atoms with E-state index in [1.165, 1.54) is 0 Å². The Kier molecular flexibility index (Phi) is 5.24. The molecule has 8 nitrogen and oxygen atoms in total. The highest BCUT2D eigenvalue weighted by atomic mass is 35.5. The van der Waals surface area contributed by atoms with Gasteiger partial charge in [-0.25, -0.2) is 0 Å². The van der Waals surface area contributed by atoms with Crippen LogP contribution in [0.15, 0.2) is 15.1 Å². The number of aromatic nitrogens is 3. The predicted octanol–water partition coefficient (Wildman–Crippen LogP) is 1.85. The Morgan fingerprint density at radius 3 is 3.00 bits per heavy atom. The van der Waals surface area contributed by atoms with Crippen LogP contribution >= 0.6 is 11.6 Å². The highest BCUT2D eigenvalue weighted by molar-refractivity contribution is 6.29. The number of nitrogens with zero attached hydrogens (tertiary/aromatic N) is 3. The summed E-state index contributed by atoms with van der Waals surface area (Å²) < 4.78 is 15.6. The van der Waals surface area contributed by atoms with Gasteiger partial charge in [0.2, 0.25) is 5.91 Å². The van der Waals surface area contributed by atoms with Crippen molar-refractivity contribution in [2.45, 2.75) is 38.2 Å². The van der Waals surface area contributed by atoms with Gasteiger partial charge in [0.25, 0.3) is 5.89 Å². The molecular weight excluding hydrogens is 324 g/mol. The molecule has 1 aliphatic rings. The highest BCUT2D eigenvalue weighted by Crippen LogP contribution is 2.26. The quantitative estimate of drug-likeness (QED) is 0.820. The van der Waals surface area contributed by atoms with Crippen molar-refractivity contribution in [3.05, 3.63) is 28.7 Å². The summed E-state index contributed by atoms with van der Waals surface area (Å²) >= 11 is 5.64. The molecule has 1 amide bonds. The van der Waals surface area contributed by atoms with E-state index in [-0.39, 0.29) is 12.0 Å². The van der Waals surface area contributed by atoms with Gasteiger partial charge in [-0.15, -0.1) is 0 Å². The van der Waals surface area contributed by atoms with Crippen molar-refractivity contribution in [1.29, 1.82) is 0 Å². The van der Waals surface area contributed by atoms with Gasteiger partial charge in [-0.3, -0.25) is 4.79 Å². The molecule has 0 bridgehead atoms. The fourth-order valence-electron chi connectivity index (χ4n) is 2.32. The number of aryl methyl sites for hydroxylation is 1. The number of carbonyl (C=O) groups is 1. The molecule has 1 saturated heterocycles. The fourth-order valence-corrected chi connectivity index (χ4v) is 2.47. The largest absolute Gasteiger partial charge is 0.368 e. The first-order valence-corrected chi connectivity index (χ1v) is 7.90. The van der Waals surface area contributed by atoms with Crippen LogP contribution in [0.4, 0.5) is 0 Å². The summed E-state index contributed by atoms with van der Waals surface area (Å²) in [7, 11) is 0. The van der Waals surface area contributed by atoms with E-state index in [9.17, 15) is 4.79 Å². The van der Waals surface area contributed by atoms with Crippen LogP contribution in [-0.4, -0.2) is 34.4 Å². The lowest BCUT2D eigenvalue weighted by atomic mass is 10.2. The maximum absolute atomic E-state index is 11.7. The number of halogens is 1. The maximum atomic E-state index is 11.7. The van der Waals surface area contributed by atoms with E-state index in [1.807, 2.05) is 0 Å². The van der Waals surface area contributed by atoms with E-state index < -0.39 is 0 Å². The minimum absolute atomic E-state index is 0.0830. The van der Waals surface area contributed by atoms with Crippen molar-refractivity contribution in [2.75, 3.05) is 13.2 Å². The minimum atomic E-state index is -0.0837. The maximum Gasteiger partial charge on any atom is 0.255 e. The van der Waals surface area contributed by atoms with Crippen LogP contribution in [0, 0.1) is 0 Å². The molecule has 0 spiro atoms. The van der Waals surface area contributed by atoms with Crippen molar-refractivity contribution < 1.29 is 18.6 Å². The van der Waals surface area contributed by atoms with Gasteiger partial charge in [-0.05, 0) is 12.8 Å². The molecule has 3 heterocycles. The Morgan fingerprint density at radius 1 is 1.35 bits per heavy atom. The van der Waals surface area contributed by atoms with Crippen molar-refractivity contribution in [3.8, 4) is 0 Å². The molecule has 1 N–H and O–H groups in total. The smallest absolute Gasteiger partial charge is 0.255 e. The second kappa shape index (κ2) is 7.56. The third-order valence-electron chi connectivity index (χ3n) is 3.49. The summed E-state index contributed by atoms with van der Waals surface area (Å²) in [5.74, 6) is 1.59. The lowest BCUT2D eigenvalue weighted by molar-refractivity contribution is -0.121. The van der Waals surface area contributed by atoms with Crippen LogP contribution in [0.1, 0.15) is 42.8 Å². The van der Waals surface area contributed by atoms with Gasteiger partial charge >= 0.3 is 0 Å². The molecule has 0 aliphatic carbocycles. The summed E-state index contributed by atoms with van der Waals surface area (Å²) in [4.78, 5) is 16.0. The molecule has 0 aromatic carbocycles. The number of nitrogens with one attached hydrogen (secondary N) is 1. The molecule has 23 heavy (non-hydrogen) atoms. The molecular formula is C14H17ClN4O4. The first-order valence-electron chi connectivity index (χ1n) is 7.52. The third-order valence-corrected chi connectivity index (χ3v) is 3.67. The summed E-state index contributed by atoms with van der Waals surface area (Å²) in [6, 6.07) is 1.60. The van der Waals surface area contributed by atoms with E-state index in [1.54, 1.807) is 6.07 Å². The SMILES string of the molecule is O=C(CCc1cc(Cl)no1)NCCc1noc(C2CCCO2)n1. The number of amides is 1. The van der Waals surface area contributed by atoms with Gasteiger partial charge in [0.1, 0.15) is 11.9 Å². The molecule has 1 atom stereocenters. The molecule has 3 rings (SSSR count). The normalized spacial score (nSPS) is 17.5. The van der Waals surface area contributed by atoms with Crippen LogP contribution < -0.4 is 5.32 Å². The van der Waals surface area contributed by atoms with E-state index >= 15 is 0 Å². The average Bonchev–Trinajstić information content (AvgIpc) is 3.26. The first-order chi connectivity index (χ1) is 11.2. The third kappa shape index (κ3) is 4.52. The van der Waals surface area contributed by atoms with Crippen molar-refractivity contribution in [2.24, 2.45) is 0 Å². The van der Waals surface area contributed by atoms with Crippen LogP contribution in [0.25, 0.3) is 0 Å². The van der Waals surface area contributed by atoms with Crippen LogP contribution in [0.3, 0.4) is 0 Å². The molecule has 2 aromatic heterocycles. The van der Waals surface area contributed by atoms with Crippen molar-refractivity contribution in [1.82, 2.24) is 20.6 Å². The van der Waals surface area contributed by atoms with Gasteiger partial charge in [0.05, 0.1) is 0 Å². The zero-order valence-electron chi connectivity index (χ0n) is 12.5. The molecule has 124 valence electrons. The van der Waals surface area contributed by atoms with E-state index in [2.05, 4.69) is 20.6 Å². The number of hydrogen-bond donors (Lipinski definition) is 1. The Labute approximate surface area is 137 Å². The van der Waals surface area contributed by atoms with E-state index in [4.69, 9.17) is 25.4 Å². The van der Waals surface area contributed by atoms with Crippen LogP contribution in [-0.2, 0) is 22.4 Å². The molecule has 1 unspecified atom stereocenters. The summed E-state index contributed by atoms with van der Waals surface area (Å²) in [5.41, 5.74) is 0. The lowest BCUT2D eigenvalue weighted by Crippen LogP contribution is -2.26. The van der Waals surface area contributed by atoms with E-state index in [0.29, 0.717) is 48.4 Å². The second-order valence-corrected chi connectivity index (χ2v) is 5.65. The number of ether oxygens (including phenoxy) is 1. The Bertz CT molecular complexity index is 651. The zero-order chi connectivity index (χ0) is 16.1. The fraction of sp³-hybridized carbons (Fsp3) is 0.571.